The van der Waals surface area contributed by atoms with Gasteiger partial charge in [-0.2, -0.15) is 13.2 Å². The van der Waals surface area contributed by atoms with Gasteiger partial charge in [-0.15, -0.1) is 0 Å². The van der Waals surface area contributed by atoms with Crippen molar-refractivity contribution in [1.82, 2.24) is 14.8 Å². The normalized spacial score (nSPS) is 18.2. The molecule has 5 nitrogen and oxygen atoms in total. The zero-order chi connectivity index (χ0) is 26.2. The average Bonchev–Trinajstić information content (AvgIpc) is 3.25. The van der Waals surface area contributed by atoms with Crippen molar-refractivity contribution in [3.8, 4) is 0 Å². The second-order valence-corrected chi connectivity index (χ2v) is 9.54. The molecule has 1 amide bonds. The van der Waals surface area contributed by atoms with Crippen LogP contribution in [0.2, 0.25) is 10.0 Å². The maximum absolute atomic E-state index is 14.1. The zero-order valence-corrected chi connectivity index (χ0v) is 20.5. The van der Waals surface area contributed by atoms with E-state index in [4.69, 9.17) is 23.2 Å². The second-order valence-electron chi connectivity index (χ2n) is 8.73. The first-order valence-corrected chi connectivity index (χ1v) is 11.7. The van der Waals surface area contributed by atoms with Gasteiger partial charge in [-0.05, 0) is 48.5 Å². The number of alkyl halides is 3. The summed E-state index contributed by atoms with van der Waals surface area (Å²) in [5.74, 6) is -1.90. The van der Waals surface area contributed by atoms with Crippen molar-refractivity contribution in [3.05, 3.63) is 103 Å². The molecule has 0 aliphatic carbocycles. The van der Waals surface area contributed by atoms with E-state index >= 15 is 0 Å². The summed E-state index contributed by atoms with van der Waals surface area (Å²) < 4.78 is 53.0. The summed E-state index contributed by atoms with van der Waals surface area (Å²) in [6.07, 6.45) is -3.39. The number of aromatic nitrogens is 1. The number of pyridine rings is 1. The molecule has 2 aromatic carbocycles. The highest BCUT2D eigenvalue weighted by molar-refractivity contribution is 6.42. The molecule has 2 atom stereocenters. The van der Waals surface area contributed by atoms with E-state index < -0.39 is 23.1 Å². The van der Waals surface area contributed by atoms with Crippen LogP contribution < -0.4 is 5.56 Å². The number of halogens is 6. The van der Waals surface area contributed by atoms with Crippen molar-refractivity contribution in [2.75, 3.05) is 20.1 Å². The molecule has 1 N–H and O–H groups in total. The largest absolute Gasteiger partial charge is 0.419 e. The minimum absolute atomic E-state index is 0.143. The third-order valence-corrected chi connectivity index (χ3v) is 7.05. The van der Waals surface area contributed by atoms with Gasteiger partial charge in [-0.1, -0.05) is 35.3 Å². The number of likely N-dealkylation sites (tertiary alicyclic amines) is 1. The van der Waals surface area contributed by atoms with Gasteiger partial charge >= 0.3 is 6.18 Å². The van der Waals surface area contributed by atoms with Crippen molar-refractivity contribution < 1.29 is 22.4 Å². The van der Waals surface area contributed by atoms with Crippen molar-refractivity contribution in [2.24, 2.45) is 0 Å². The summed E-state index contributed by atoms with van der Waals surface area (Å²) in [7, 11) is 1.76. The molecule has 4 rings (SSSR count). The number of carbonyl (C=O) groups is 1. The Balaban J connectivity index is 1.62. The second kappa shape index (κ2) is 10.2. The first-order chi connectivity index (χ1) is 16.9. The van der Waals surface area contributed by atoms with E-state index in [9.17, 15) is 27.2 Å². The van der Waals surface area contributed by atoms with E-state index in [1.54, 1.807) is 30.1 Å². The molecule has 1 saturated heterocycles. The zero-order valence-electron chi connectivity index (χ0n) is 19.0. The van der Waals surface area contributed by atoms with Crippen LogP contribution in [0.25, 0.3) is 0 Å². The van der Waals surface area contributed by atoms with Crippen molar-refractivity contribution in [2.45, 2.75) is 24.7 Å². The van der Waals surface area contributed by atoms with Gasteiger partial charge in [0.25, 0.3) is 5.91 Å². The number of rotatable bonds is 5. The summed E-state index contributed by atoms with van der Waals surface area (Å²) in [6, 6.07) is 10.5. The molecule has 0 radical (unpaired) electrons. The Kier molecular flexibility index (Phi) is 7.45. The van der Waals surface area contributed by atoms with Gasteiger partial charge < -0.3 is 9.88 Å². The molecule has 0 spiro atoms. The number of nitrogens with one attached hydrogen (secondary N) is 1. The van der Waals surface area contributed by atoms with Crippen molar-refractivity contribution in [3.63, 3.8) is 0 Å². The van der Waals surface area contributed by atoms with Crippen LogP contribution in [0, 0.1) is 5.82 Å². The van der Waals surface area contributed by atoms with Crippen LogP contribution >= 0.6 is 23.2 Å². The SMILES string of the molecule is CN(Cc1ccc(C(F)(F)F)c(F)c1)C1CN(C(=O)c2cc[nH]c(=O)c2)CC1c1ccc(Cl)c(Cl)c1. The standard InChI is InChI=1S/C25H21Cl2F4N3O2/c1-33(11-14-2-4-18(21(28)8-14)25(29,30)31)22-13-34(24(36)16-6-7-32-23(35)10-16)12-17(22)15-3-5-19(26)20(27)9-15/h2-10,17,22H,11-13H2,1H3,(H,32,35). The molecule has 3 aromatic rings. The van der Waals surface area contributed by atoms with E-state index in [0.29, 0.717) is 22.2 Å². The quantitative estimate of drug-likeness (QED) is 0.429. The van der Waals surface area contributed by atoms with Gasteiger partial charge in [-0.25, -0.2) is 4.39 Å². The lowest BCUT2D eigenvalue weighted by Crippen LogP contribution is -2.38. The molecule has 190 valence electrons. The van der Waals surface area contributed by atoms with Crippen LogP contribution in [0.15, 0.2) is 59.5 Å². The lowest BCUT2D eigenvalue weighted by Gasteiger charge is -2.29. The predicted octanol–water partition coefficient (Wildman–Crippen LogP) is 5.58. The highest BCUT2D eigenvalue weighted by atomic mass is 35.5. The van der Waals surface area contributed by atoms with Crippen LogP contribution in [0.5, 0.6) is 0 Å². The maximum atomic E-state index is 14.1. The number of nitrogens with zero attached hydrogens (tertiary/aromatic N) is 2. The third kappa shape index (κ3) is 5.58. The van der Waals surface area contributed by atoms with E-state index in [-0.39, 0.29) is 36.5 Å². The Morgan fingerprint density at radius 2 is 1.83 bits per heavy atom. The number of carbonyl (C=O) groups excluding carboxylic acids is 1. The first-order valence-electron chi connectivity index (χ1n) is 10.9. The van der Waals surface area contributed by atoms with E-state index in [1.807, 2.05) is 4.90 Å². The Hall–Kier alpha value is -2.88. The van der Waals surface area contributed by atoms with Crippen LogP contribution in [0.3, 0.4) is 0 Å². The third-order valence-electron chi connectivity index (χ3n) is 6.31. The molecule has 0 bridgehead atoms. The molecule has 2 heterocycles. The number of likely N-dealkylation sites (N-methyl/N-ethyl adjacent to an activating group) is 1. The van der Waals surface area contributed by atoms with Gasteiger partial charge in [0.15, 0.2) is 0 Å². The van der Waals surface area contributed by atoms with Crippen molar-refractivity contribution >= 4 is 29.1 Å². The summed E-state index contributed by atoms with van der Waals surface area (Å²) in [5, 5.41) is 0.722. The minimum atomic E-state index is -4.78. The fourth-order valence-corrected chi connectivity index (χ4v) is 4.83. The molecule has 1 aromatic heterocycles. The Labute approximate surface area is 214 Å². The summed E-state index contributed by atoms with van der Waals surface area (Å²) in [4.78, 5) is 30.8. The molecular weight excluding hydrogens is 521 g/mol. The number of benzene rings is 2. The van der Waals surface area contributed by atoms with Crippen LogP contribution in [-0.4, -0.2) is 46.9 Å². The predicted molar refractivity (Wildman–Crippen MR) is 129 cm³/mol. The Morgan fingerprint density at radius 1 is 1.08 bits per heavy atom. The van der Waals surface area contributed by atoms with Gasteiger partial charge in [-0.3, -0.25) is 14.5 Å². The lowest BCUT2D eigenvalue weighted by atomic mass is 9.93. The van der Waals surface area contributed by atoms with Crippen LogP contribution in [-0.2, 0) is 12.7 Å². The van der Waals surface area contributed by atoms with Crippen molar-refractivity contribution in [1.29, 1.82) is 0 Å². The number of aromatic amines is 1. The number of hydrogen-bond acceptors (Lipinski definition) is 3. The number of H-pyrrole nitrogens is 1. The summed E-state index contributed by atoms with van der Waals surface area (Å²) >= 11 is 12.3. The van der Waals surface area contributed by atoms with Crippen LogP contribution in [0.4, 0.5) is 17.6 Å². The molecule has 1 fully saturated rings. The highest BCUT2D eigenvalue weighted by Gasteiger charge is 2.39. The van der Waals surface area contributed by atoms with Gasteiger partial charge in [0.1, 0.15) is 5.82 Å². The molecule has 1 aliphatic rings. The first kappa shape index (κ1) is 26.2. The fraction of sp³-hybridized carbons (Fsp3) is 0.280. The summed E-state index contributed by atoms with van der Waals surface area (Å²) in [5.41, 5.74) is -0.312. The van der Waals surface area contributed by atoms with E-state index in [0.717, 1.165) is 17.7 Å². The molecule has 1 aliphatic heterocycles. The Bertz CT molecular complexity index is 1350. The molecule has 11 heteroatoms. The molecule has 0 saturated carbocycles. The van der Waals surface area contributed by atoms with E-state index in [2.05, 4.69) is 4.98 Å². The van der Waals surface area contributed by atoms with Gasteiger partial charge in [0, 0.05) is 49.4 Å². The van der Waals surface area contributed by atoms with E-state index in [1.165, 1.54) is 24.4 Å². The molecule has 2 unspecified atom stereocenters. The smallest absolute Gasteiger partial charge is 0.336 e. The van der Waals surface area contributed by atoms with Gasteiger partial charge in [0.2, 0.25) is 5.56 Å². The average molecular weight is 542 g/mol. The fourth-order valence-electron chi connectivity index (χ4n) is 4.52. The van der Waals surface area contributed by atoms with Crippen LogP contribution in [0.1, 0.15) is 33.0 Å². The highest BCUT2D eigenvalue weighted by Crippen LogP contribution is 2.36. The number of amides is 1. The lowest BCUT2D eigenvalue weighted by molar-refractivity contribution is -0.140. The molecule has 36 heavy (non-hydrogen) atoms. The maximum Gasteiger partial charge on any atom is 0.419 e. The monoisotopic (exact) mass is 541 g/mol. The number of hydrogen-bond donors (Lipinski definition) is 1. The Morgan fingerprint density at radius 3 is 2.47 bits per heavy atom. The van der Waals surface area contributed by atoms with Gasteiger partial charge in [0.05, 0.1) is 15.6 Å². The topological polar surface area (TPSA) is 56.4 Å². The minimum Gasteiger partial charge on any atom is -0.336 e. The molecular formula is C25H21Cl2F4N3O2. The summed E-state index contributed by atoms with van der Waals surface area (Å²) in [6.45, 7) is 0.723.